The third kappa shape index (κ3) is 7.10. The molecule has 1 aromatic carbocycles. The maximum atomic E-state index is 12.5. The summed E-state index contributed by atoms with van der Waals surface area (Å²) in [5.74, 6) is -0.507. The van der Waals surface area contributed by atoms with E-state index in [2.05, 4.69) is 0 Å². The smallest absolute Gasteiger partial charge is 0.342 e. The van der Waals surface area contributed by atoms with Crippen LogP contribution in [0.3, 0.4) is 0 Å². The summed E-state index contributed by atoms with van der Waals surface area (Å²) in [6.07, 6.45) is 9.00. The van der Waals surface area contributed by atoms with Crippen molar-refractivity contribution in [3.05, 3.63) is 41.5 Å². The first-order valence-electron chi connectivity index (χ1n) is 9.63. The van der Waals surface area contributed by atoms with Gasteiger partial charge in [-0.2, -0.15) is 0 Å². The van der Waals surface area contributed by atoms with Gasteiger partial charge in [-0.15, -0.1) is 0 Å². The topological polar surface area (TPSA) is 93.1 Å². The number of cyclic esters (lactones) is 1. The number of allylic oxidation sites excluding steroid dienone is 2. The summed E-state index contributed by atoms with van der Waals surface area (Å²) >= 11 is 0. The van der Waals surface area contributed by atoms with E-state index in [9.17, 15) is 19.5 Å². The van der Waals surface area contributed by atoms with Gasteiger partial charge in [0.05, 0.1) is 13.2 Å². The molecule has 1 amide bonds. The summed E-state index contributed by atoms with van der Waals surface area (Å²) < 4.78 is 10.9. The summed E-state index contributed by atoms with van der Waals surface area (Å²) in [5.41, 5.74) is 0.551. The molecule has 0 saturated carbocycles. The van der Waals surface area contributed by atoms with E-state index in [4.69, 9.17) is 9.47 Å². The number of phenols is 1. The Labute approximate surface area is 170 Å². The number of fused-ring (bicyclic) bond motifs is 1. The van der Waals surface area contributed by atoms with Crippen LogP contribution < -0.4 is 4.74 Å². The quantitative estimate of drug-likeness (QED) is 0.779. The number of phenolic OH excluding ortho intramolecular Hbond substituents is 1. The minimum Gasteiger partial charge on any atom is -0.507 e. The summed E-state index contributed by atoms with van der Waals surface area (Å²) in [4.78, 5) is 36.9. The number of aromatic hydroxyl groups is 1. The number of esters is 1. The number of nitrogens with zero attached hydrogens (tertiary/aromatic N) is 1. The average molecular weight is 401 g/mol. The molecule has 29 heavy (non-hydrogen) atoms. The van der Waals surface area contributed by atoms with Gasteiger partial charge in [-0.25, -0.2) is 4.79 Å². The van der Waals surface area contributed by atoms with Gasteiger partial charge in [0.25, 0.3) is 0 Å². The van der Waals surface area contributed by atoms with Crippen LogP contribution in [0.4, 0.5) is 0 Å². The maximum Gasteiger partial charge on any atom is 0.342 e. The number of ketones is 1. The molecule has 2 rings (SSSR count). The average Bonchev–Trinajstić information content (AvgIpc) is 2.66. The van der Waals surface area contributed by atoms with Crippen molar-refractivity contribution in [3.8, 4) is 11.5 Å². The van der Waals surface area contributed by atoms with Crippen molar-refractivity contribution in [3.63, 3.8) is 0 Å². The Morgan fingerprint density at radius 2 is 1.97 bits per heavy atom. The lowest BCUT2D eigenvalue weighted by molar-refractivity contribution is -0.127. The van der Waals surface area contributed by atoms with Gasteiger partial charge in [0, 0.05) is 26.5 Å². The zero-order valence-electron chi connectivity index (χ0n) is 16.8. The third-order valence-corrected chi connectivity index (χ3v) is 4.47. The molecule has 1 N–H and O–H groups in total. The van der Waals surface area contributed by atoms with Crippen molar-refractivity contribution in [2.24, 2.45) is 0 Å². The molecule has 0 bridgehead atoms. The van der Waals surface area contributed by atoms with Crippen LogP contribution >= 0.6 is 0 Å². The largest absolute Gasteiger partial charge is 0.507 e. The predicted molar refractivity (Wildman–Crippen MR) is 109 cm³/mol. The highest BCUT2D eigenvalue weighted by atomic mass is 16.5. The number of ether oxygens (including phenoxy) is 2. The zero-order valence-corrected chi connectivity index (χ0v) is 16.8. The zero-order chi connectivity index (χ0) is 21.2. The molecule has 0 atom stereocenters. The van der Waals surface area contributed by atoms with Crippen LogP contribution in [-0.4, -0.2) is 54.5 Å². The van der Waals surface area contributed by atoms with Crippen LogP contribution in [-0.2, 0) is 14.3 Å². The second kappa shape index (κ2) is 11.0. The minimum atomic E-state index is -0.637. The fraction of sp³-hybridized carbons (Fsp3) is 0.409. The highest BCUT2D eigenvalue weighted by molar-refractivity contribution is 5.97. The van der Waals surface area contributed by atoms with Crippen LogP contribution in [0, 0.1) is 0 Å². The molecular weight excluding hydrogens is 374 g/mol. The Kier molecular flexibility index (Phi) is 8.45. The summed E-state index contributed by atoms with van der Waals surface area (Å²) in [5, 5.41) is 10.4. The molecule has 0 fully saturated rings. The monoisotopic (exact) mass is 401 g/mol. The van der Waals surface area contributed by atoms with Gasteiger partial charge in [-0.05, 0) is 37.0 Å². The van der Waals surface area contributed by atoms with E-state index in [-0.39, 0.29) is 36.2 Å². The molecule has 7 nitrogen and oxygen atoms in total. The first kappa shape index (κ1) is 22.2. The molecule has 1 aliphatic heterocycles. The minimum absolute atomic E-state index is 0.0473. The lowest BCUT2D eigenvalue weighted by atomic mass is 10.0. The van der Waals surface area contributed by atoms with E-state index < -0.39 is 5.97 Å². The lowest BCUT2D eigenvalue weighted by Crippen LogP contribution is -2.28. The lowest BCUT2D eigenvalue weighted by Gasteiger charge is -2.16. The standard InChI is InChI=1S/C22H27NO6/c1-16(24)23(2)11-13-28-19-14-17-8-4-3-5-9-18(25)10-6-7-12-29-22(27)21(17)20(26)15-19/h4,6,8,10,14-15,26H,3,5,7,9,11-13H2,1-2H3/b8-4+,10-6-. The Morgan fingerprint density at radius 1 is 1.21 bits per heavy atom. The van der Waals surface area contributed by atoms with Gasteiger partial charge < -0.3 is 19.5 Å². The molecule has 156 valence electrons. The Bertz CT molecular complexity index is 812. The highest BCUT2D eigenvalue weighted by Crippen LogP contribution is 2.30. The van der Waals surface area contributed by atoms with Crippen LogP contribution in [0.15, 0.2) is 30.4 Å². The van der Waals surface area contributed by atoms with E-state index in [1.807, 2.05) is 6.08 Å². The number of hydrogen-bond acceptors (Lipinski definition) is 6. The number of hydrogen-bond donors (Lipinski definition) is 1. The third-order valence-electron chi connectivity index (χ3n) is 4.47. The second-order valence-corrected chi connectivity index (χ2v) is 6.78. The number of benzene rings is 1. The van der Waals surface area contributed by atoms with Gasteiger partial charge in [0.2, 0.25) is 5.91 Å². The van der Waals surface area contributed by atoms with Gasteiger partial charge in [-0.1, -0.05) is 18.2 Å². The van der Waals surface area contributed by atoms with Crippen molar-refractivity contribution < 1.29 is 29.0 Å². The van der Waals surface area contributed by atoms with Crippen molar-refractivity contribution in [1.29, 1.82) is 0 Å². The number of carbonyl (C=O) groups excluding carboxylic acids is 3. The Hall–Kier alpha value is -3.09. The SMILES string of the molecule is CC(=O)N(C)CCOc1cc(O)c2c(c1)/C=C/CCCC(=O)/C=C\CCOC2=O. The fourth-order valence-corrected chi connectivity index (χ4v) is 2.71. The first-order valence-corrected chi connectivity index (χ1v) is 9.63. The number of carbonyl (C=O) groups is 3. The summed E-state index contributed by atoms with van der Waals surface area (Å²) in [6, 6.07) is 3.01. The number of rotatable bonds is 4. The predicted octanol–water partition coefficient (Wildman–Crippen LogP) is 3.12. The fourth-order valence-electron chi connectivity index (χ4n) is 2.71. The van der Waals surface area contributed by atoms with E-state index in [0.717, 1.165) is 0 Å². The van der Waals surface area contributed by atoms with E-state index in [1.165, 1.54) is 24.0 Å². The van der Waals surface area contributed by atoms with Gasteiger partial charge in [0.1, 0.15) is 23.7 Å². The van der Waals surface area contributed by atoms with Crippen molar-refractivity contribution in [2.45, 2.75) is 32.6 Å². The van der Waals surface area contributed by atoms with Gasteiger partial charge >= 0.3 is 5.97 Å². The molecule has 7 heteroatoms. The summed E-state index contributed by atoms with van der Waals surface area (Å²) in [6.45, 7) is 2.22. The molecule has 0 spiro atoms. The Morgan fingerprint density at radius 3 is 2.72 bits per heavy atom. The molecule has 0 unspecified atom stereocenters. The van der Waals surface area contributed by atoms with E-state index >= 15 is 0 Å². The molecule has 1 heterocycles. The number of likely N-dealkylation sites (N-methyl/N-ethyl adjacent to an activating group) is 1. The molecule has 1 aromatic rings. The molecule has 0 aromatic heterocycles. The maximum absolute atomic E-state index is 12.5. The molecular formula is C22H27NO6. The normalized spacial score (nSPS) is 17.4. The van der Waals surface area contributed by atoms with Crippen molar-refractivity contribution >= 4 is 23.7 Å². The van der Waals surface area contributed by atoms with Crippen LogP contribution in [0.25, 0.3) is 6.08 Å². The first-order chi connectivity index (χ1) is 13.9. The molecule has 1 aliphatic rings. The van der Waals surface area contributed by atoms with Crippen molar-refractivity contribution in [1.82, 2.24) is 4.90 Å². The summed E-state index contributed by atoms with van der Waals surface area (Å²) in [7, 11) is 1.67. The number of amides is 1. The van der Waals surface area contributed by atoms with E-state index in [0.29, 0.717) is 43.5 Å². The molecule has 0 radical (unpaired) electrons. The molecule has 0 saturated heterocycles. The van der Waals surface area contributed by atoms with E-state index in [1.54, 1.807) is 25.3 Å². The van der Waals surface area contributed by atoms with Crippen LogP contribution in [0.2, 0.25) is 0 Å². The van der Waals surface area contributed by atoms with Crippen LogP contribution in [0.5, 0.6) is 11.5 Å². The highest BCUT2D eigenvalue weighted by Gasteiger charge is 2.19. The second-order valence-electron chi connectivity index (χ2n) is 6.78. The van der Waals surface area contributed by atoms with Gasteiger partial charge in [-0.3, -0.25) is 9.59 Å². The van der Waals surface area contributed by atoms with Crippen LogP contribution in [0.1, 0.15) is 48.5 Å². The molecule has 0 aliphatic carbocycles. The Balaban J connectivity index is 2.21. The van der Waals surface area contributed by atoms with Crippen molar-refractivity contribution in [2.75, 3.05) is 26.8 Å². The van der Waals surface area contributed by atoms with Gasteiger partial charge in [0.15, 0.2) is 5.78 Å².